The highest BCUT2D eigenvalue weighted by molar-refractivity contribution is 6.35. The third-order valence-electron chi connectivity index (χ3n) is 7.71. The van der Waals surface area contributed by atoms with Gasteiger partial charge in [-0.05, 0) is 55.8 Å². The van der Waals surface area contributed by atoms with Crippen molar-refractivity contribution in [1.82, 2.24) is 20.4 Å². The normalized spacial score (nSPS) is 20.6. The summed E-state index contributed by atoms with van der Waals surface area (Å²) in [5, 5.41) is 5.48. The third-order valence-corrected chi connectivity index (χ3v) is 7.71. The number of likely N-dealkylation sites (tertiary alicyclic amines) is 2. The lowest BCUT2D eigenvalue weighted by molar-refractivity contribution is -0.139. The Hall–Kier alpha value is -2.74. The minimum absolute atomic E-state index is 0.308. The number of piperidine rings is 2. The highest BCUT2D eigenvalue weighted by atomic mass is 16.2. The van der Waals surface area contributed by atoms with Crippen molar-refractivity contribution < 1.29 is 9.59 Å². The van der Waals surface area contributed by atoms with Crippen molar-refractivity contribution >= 4 is 11.8 Å². The van der Waals surface area contributed by atoms with Gasteiger partial charge in [-0.2, -0.15) is 0 Å². The third kappa shape index (κ3) is 7.63. The summed E-state index contributed by atoms with van der Waals surface area (Å²) in [7, 11) is 0. The molecule has 2 aliphatic heterocycles. The molecular weight excluding hydrogens is 450 g/mol. The molecule has 2 aromatic rings. The molecular formula is C29H41N5O2. The second-order valence-electron chi connectivity index (χ2n) is 10.6. The van der Waals surface area contributed by atoms with Gasteiger partial charge in [0, 0.05) is 50.8 Å². The molecule has 2 heterocycles. The first-order valence-corrected chi connectivity index (χ1v) is 13.3. The van der Waals surface area contributed by atoms with E-state index in [-0.39, 0.29) is 0 Å². The van der Waals surface area contributed by atoms with E-state index in [1.165, 1.54) is 30.4 Å². The Labute approximate surface area is 215 Å². The molecule has 1 atom stereocenters. The average Bonchev–Trinajstić information content (AvgIpc) is 2.90. The molecule has 194 valence electrons. The summed E-state index contributed by atoms with van der Waals surface area (Å²) < 4.78 is 0. The summed E-state index contributed by atoms with van der Waals surface area (Å²) in [6.07, 6.45) is 5.43. The molecule has 2 fully saturated rings. The number of hydrogen-bond donors (Lipinski definition) is 3. The maximum atomic E-state index is 12.4. The molecule has 0 aromatic heterocycles. The zero-order valence-corrected chi connectivity index (χ0v) is 21.5. The maximum Gasteiger partial charge on any atom is 0.309 e. The predicted molar refractivity (Wildman–Crippen MR) is 143 cm³/mol. The topological polar surface area (TPSA) is 90.7 Å². The molecule has 2 amide bonds. The number of nitrogens with two attached hydrogens (primary N) is 1. The van der Waals surface area contributed by atoms with Gasteiger partial charge in [-0.1, -0.05) is 61.0 Å². The molecule has 0 saturated carbocycles. The van der Waals surface area contributed by atoms with Gasteiger partial charge >= 0.3 is 11.8 Å². The number of benzene rings is 2. The summed E-state index contributed by atoms with van der Waals surface area (Å²) in [6.45, 7) is 7.71. The molecule has 1 unspecified atom stereocenters. The SMILES string of the molecule is CC1CCCCN1Cc1ccc(CNC(=O)C(=O)NCC2(N)CCN(Cc3ccccc3)CC2)cc1. The molecule has 4 N–H and O–H groups in total. The number of hydrogen-bond acceptors (Lipinski definition) is 5. The zero-order chi connectivity index (χ0) is 25.4. The second kappa shape index (κ2) is 12.5. The fourth-order valence-electron chi connectivity index (χ4n) is 5.16. The number of amides is 2. The quantitative estimate of drug-likeness (QED) is 0.494. The summed E-state index contributed by atoms with van der Waals surface area (Å²) in [6, 6.07) is 19.3. The Morgan fingerprint density at radius 2 is 1.50 bits per heavy atom. The molecule has 0 aliphatic carbocycles. The van der Waals surface area contributed by atoms with Crippen molar-refractivity contribution in [1.29, 1.82) is 0 Å². The Morgan fingerprint density at radius 3 is 2.19 bits per heavy atom. The molecule has 2 aromatic carbocycles. The van der Waals surface area contributed by atoms with Gasteiger partial charge in [0.2, 0.25) is 0 Å². The van der Waals surface area contributed by atoms with Crippen LogP contribution in [0.25, 0.3) is 0 Å². The number of nitrogens with one attached hydrogen (secondary N) is 2. The van der Waals surface area contributed by atoms with Crippen LogP contribution in [0.15, 0.2) is 54.6 Å². The number of rotatable bonds is 8. The predicted octanol–water partition coefficient (Wildman–Crippen LogP) is 2.79. The van der Waals surface area contributed by atoms with Crippen molar-refractivity contribution in [3.05, 3.63) is 71.3 Å². The minimum Gasteiger partial charge on any atom is -0.346 e. The molecule has 0 radical (unpaired) electrons. The van der Waals surface area contributed by atoms with E-state index < -0.39 is 17.4 Å². The fourth-order valence-corrected chi connectivity index (χ4v) is 5.16. The lowest BCUT2D eigenvalue weighted by Gasteiger charge is -2.39. The van der Waals surface area contributed by atoms with Gasteiger partial charge < -0.3 is 16.4 Å². The van der Waals surface area contributed by atoms with Gasteiger partial charge in [-0.25, -0.2) is 0 Å². The highest BCUT2D eigenvalue weighted by Crippen LogP contribution is 2.21. The highest BCUT2D eigenvalue weighted by Gasteiger charge is 2.31. The number of carbonyl (C=O) groups excluding carboxylic acids is 2. The van der Waals surface area contributed by atoms with Gasteiger partial charge in [-0.3, -0.25) is 19.4 Å². The van der Waals surface area contributed by atoms with Gasteiger partial charge in [0.25, 0.3) is 0 Å². The van der Waals surface area contributed by atoms with Gasteiger partial charge in [-0.15, -0.1) is 0 Å². The van der Waals surface area contributed by atoms with E-state index in [4.69, 9.17) is 5.73 Å². The first-order chi connectivity index (χ1) is 17.4. The fraction of sp³-hybridized carbons (Fsp3) is 0.517. The first-order valence-electron chi connectivity index (χ1n) is 13.3. The Balaban J connectivity index is 1.15. The molecule has 7 heteroatoms. The molecule has 2 aliphatic rings. The molecule has 0 spiro atoms. The minimum atomic E-state index is -0.623. The van der Waals surface area contributed by atoms with Crippen LogP contribution in [0.3, 0.4) is 0 Å². The summed E-state index contributed by atoms with van der Waals surface area (Å²) >= 11 is 0. The lowest BCUT2D eigenvalue weighted by atomic mass is 9.88. The van der Waals surface area contributed by atoms with E-state index in [0.29, 0.717) is 19.1 Å². The summed E-state index contributed by atoms with van der Waals surface area (Å²) in [5.41, 5.74) is 9.61. The van der Waals surface area contributed by atoms with Crippen molar-refractivity contribution in [3.63, 3.8) is 0 Å². The molecule has 2 saturated heterocycles. The Morgan fingerprint density at radius 1 is 0.861 bits per heavy atom. The van der Waals surface area contributed by atoms with E-state index in [2.05, 4.69) is 63.8 Å². The smallest absolute Gasteiger partial charge is 0.309 e. The summed E-state index contributed by atoms with van der Waals surface area (Å²) in [4.78, 5) is 29.6. The Kier molecular flexibility index (Phi) is 9.13. The molecule has 7 nitrogen and oxygen atoms in total. The van der Waals surface area contributed by atoms with Crippen LogP contribution in [0.4, 0.5) is 0 Å². The number of nitrogens with zero attached hydrogens (tertiary/aromatic N) is 2. The largest absolute Gasteiger partial charge is 0.346 e. The monoisotopic (exact) mass is 491 g/mol. The molecule has 4 rings (SSSR count). The first kappa shape index (κ1) is 26.3. The Bertz CT molecular complexity index is 986. The van der Waals surface area contributed by atoms with Crippen LogP contribution in [0.2, 0.25) is 0 Å². The second-order valence-corrected chi connectivity index (χ2v) is 10.6. The standard InChI is InChI=1S/C29H41N5O2/c1-23-7-5-6-16-34(23)21-26-12-10-24(11-13-26)19-31-27(35)28(36)32-22-29(30)14-17-33(18-15-29)20-25-8-3-2-4-9-25/h2-4,8-13,23H,5-7,14-22,30H2,1H3,(H,31,35)(H,32,36). The van der Waals surface area contributed by atoms with E-state index >= 15 is 0 Å². The van der Waals surface area contributed by atoms with Gasteiger partial charge in [0.15, 0.2) is 0 Å². The maximum absolute atomic E-state index is 12.4. The van der Waals surface area contributed by atoms with E-state index in [1.807, 2.05) is 18.2 Å². The molecule has 36 heavy (non-hydrogen) atoms. The zero-order valence-electron chi connectivity index (χ0n) is 21.5. The van der Waals surface area contributed by atoms with E-state index in [9.17, 15) is 9.59 Å². The van der Waals surface area contributed by atoms with Crippen molar-refractivity contribution in [2.75, 3.05) is 26.2 Å². The van der Waals surface area contributed by atoms with Crippen LogP contribution in [0.5, 0.6) is 0 Å². The van der Waals surface area contributed by atoms with Crippen LogP contribution < -0.4 is 16.4 Å². The average molecular weight is 492 g/mol. The van der Waals surface area contributed by atoms with Crippen LogP contribution in [0.1, 0.15) is 55.7 Å². The van der Waals surface area contributed by atoms with Gasteiger partial charge in [0.1, 0.15) is 0 Å². The van der Waals surface area contributed by atoms with E-state index in [0.717, 1.165) is 51.1 Å². The van der Waals surface area contributed by atoms with Crippen molar-refractivity contribution in [2.24, 2.45) is 5.73 Å². The van der Waals surface area contributed by atoms with Crippen LogP contribution in [-0.4, -0.2) is 59.4 Å². The molecule has 0 bridgehead atoms. The van der Waals surface area contributed by atoms with Crippen LogP contribution >= 0.6 is 0 Å². The van der Waals surface area contributed by atoms with Crippen LogP contribution in [0, 0.1) is 0 Å². The van der Waals surface area contributed by atoms with E-state index in [1.54, 1.807) is 0 Å². The van der Waals surface area contributed by atoms with Gasteiger partial charge in [0.05, 0.1) is 0 Å². The van der Waals surface area contributed by atoms with Crippen molar-refractivity contribution in [2.45, 2.75) is 70.2 Å². The number of carbonyl (C=O) groups is 2. The summed E-state index contributed by atoms with van der Waals surface area (Å²) in [5.74, 6) is -1.24. The van der Waals surface area contributed by atoms with Crippen LogP contribution in [-0.2, 0) is 29.2 Å². The van der Waals surface area contributed by atoms with Crippen molar-refractivity contribution in [3.8, 4) is 0 Å². The lowest BCUT2D eigenvalue weighted by Crippen LogP contribution is -2.57.